The van der Waals surface area contributed by atoms with Gasteiger partial charge in [0.25, 0.3) is 0 Å². The summed E-state index contributed by atoms with van der Waals surface area (Å²) in [6.45, 7) is 0. The Balaban J connectivity index is 0.00000121. The molecule has 1 atom stereocenters. The number of carboxylic acid groups (broad SMARTS) is 1. The molecular weight excluding hydrogens is 484 g/mol. The largest absolute Gasteiger partial charge is 0.481 e. The summed E-state index contributed by atoms with van der Waals surface area (Å²) in [6, 6.07) is 25.6. The van der Waals surface area contributed by atoms with Crippen LogP contribution in [0.2, 0.25) is 0 Å². The summed E-state index contributed by atoms with van der Waals surface area (Å²) < 4.78 is 0. The third kappa shape index (κ3) is 8.44. The third-order valence-corrected chi connectivity index (χ3v) is 6.65. The van der Waals surface area contributed by atoms with Crippen molar-refractivity contribution < 1.29 is 19.5 Å². The van der Waals surface area contributed by atoms with Gasteiger partial charge in [-0.3, -0.25) is 19.4 Å². The van der Waals surface area contributed by atoms with Gasteiger partial charge in [0, 0.05) is 34.8 Å². The molecule has 1 heterocycles. The molecule has 6 nitrogen and oxygen atoms in total. The standard InChI is InChI=1S/C29H25NO3S.CH3NO/c31-28(32)15-17-34-20-27(23-4-2-1-3-5-23)29(33)24-11-8-21(9-12-24)6-7-22-10-13-26-19-30-16-14-25(26)18-22;2-1-3/h1-14,16,18-19,27H,15,17,20H2,(H,31,32);1H,(H2,2,3)/b7-6+;. The van der Waals surface area contributed by atoms with Gasteiger partial charge in [-0.05, 0) is 34.2 Å². The summed E-state index contributed by atoms with van der Waals surface area (Å²) >= 11 is 1.50. The maximum Gasteiger partial charge on any atom is 0.304 e. The number of aromatic nitrogens is 1. The molecule has 4 rings (SSSR count). The Morgan fingerprint density at radius 1 is 0.919 bits per heavy atom. The number of carbonyl (C=O) groups is 3. The SMILES string of the molecule is NC=O.O=C(O)CCSCC(C(=O)c1ccc(/C=C/c2ccc3cnccc3c2)cc1)c1ccccc1. The molecule has 0 aliphatic rings. The maximum atomic E-state index is 13.3. The number of primary amides is 1. The first-order chi connectivity index (χ1) is 18.0. The van der Waals surface area contributed by atoms with E-state index in [2.05, 4.69) is 35.0 Å². The van der Waals surface area contributed by atoms with Crippen molar-refractivity contribution in [1.82, 2.24) is 4.98 Å². The van der Waals surface area contributed by atoms with Crippen LogP contribution in [0, 0.1) is 0 Å². The number of nitrogens with zero attached hydrogens (tertiary/aromatic N) is 1. The number of ketones is 1. The van der Waals surface area contributed by atoms with Crippen LogP contribution in [0.4, 0.5) is 0 Å². The highest BCUT2D eigenvalue weighted by atomic mass is 32.2. The fourth-order valence-corrected chi connectivity index (χ4v) is 4.79. The monoisotopic (exact) mass is 512 g/mol. The van der Waals surface area contributed by atoms with Gasteiger partial charge in [0.1, 0.15) is 0 Å². The van der Waals surface area contributed by atoms with Crippen LogP contribution in [0.15, 0.2) is 91.3 Å². The fraction of sp³-hybridized carbons (Fsp3) is 0.133. The van der Waals surface area contributed by atoms with E-state index in [-0.39, 0.29) is 24.5 Å². The summed E-state index contributed by atoms with van der Waals surface area (Å²) in [5, 5.41) is 11.1. The van der Waals surface area contributed by atoms with Crippen molar-refractivity contribution in [3.05, 3.63) is 114 Å². The molecule has 0 aliphatic carbocycles. The van der Waals surface area contributed by atoms with E-state index in [0.717, 1.165) is 27.5 Å². The molecule has 1 aromatic heterocycles. The molecule has 1 unspecified atom stereocenters. The number of Topliss-reactive ketones (excluding diaryl/α,β-unsaturated/α-hetero) is 1. The molecule has 0 saturated carbocycles. The lowest BCUT2D eigenvalue weighted by atomic mass is 9.92. The van der Waals surface area contributed by atoms with Crippen LogP contribution in [0.5, 0.6) is 0 Å². The number of pyridine rings is 1. The lowest BCUT2D eigenvalue weighted by Gasteiger charge is -2.16. The summed E-state index contributed by atoms with van der Waals surface area (Å²) in [6.07, 6.45) is 8.08. The van der Waals surface area contributed by atoms with Crippen LogP contribution < -0.4 is 5.73 Å². The molecule has 7 heteroatoms. The van der Waals surface area contributed by atoms with Gasteiger partial charge in [0.15, 0.2) is 5.78 Å². The van der Waals surface area contributed by atoms with Gasteiger partial charge in [-0.25, -0.2) is 0 Å². The number of carboxylic acids is 1. The zero-order valence-electron chi connectivity index (χ0n) is 20.2. The van der Waals surface area contributed by atoms with Crippen molar-refractivity contribution in [3.8, 4) is 0 Å². The number of rotatable bonds is 10. The van der Waals surface area contributed by atoms with Gasteiger partial charge < -0.3 is 10.8 Å². The molecule has 1 amide bonds. The highest BCUT2D eigenvalue weighted by molar-refractivity contribution is 7.99. The first kappa shape index (κ1) is 27.4. The second-order valence-electron chi connectivity index (χ2n) is 8.12. The van der Waals surface area contributed by atoms with Crippen molar-refractivity contribution >= 4 is 52.8 Å². The zero-order chi connectivity index (χ0) is 26.5. The lowest BCUT2D eigenvalue weighted by molar-refractivity contribution is -0.136. The molecule has 0 saturated heterocycles. The Labute approximate surface area is 220 Å². The molecule has 0 fully saturated rings. The first-order valence-electron chi connectivity index (χ1n) is 11.7. The van der Waals surface area contributed by atoms with E-state index in [1.165, 1.54) is 11.8 Å². The highest BCUT2D eigenvalue weighted by Gasteiger charge is 2.22. The molecule has 3 aromatic carbocycles. The Bertz CT molecular complexity index is 1360. The van der Waals surface area contributed by atoms with Crippen LogP contribution in [0.3, 0.4) is 0 Å². The summed E-state index contributed by atoms with van der Waals surface area (Å²) in [5.74, 6) is -0.0449. The minimum atomic E-state index is -0.820. The molecule has 0 aliphatic heterocycles. The van der Waals surface area contributed by atoms with Crippen LogP contribution in [-0.4, -0.2) is 39.8 Å². The minimum Gasteiger partial charge on any atom is -0.481 e. The van der Waals surface area contributed by atoms with Crippen LogP contribution in [-0.2, 0) is 9.59 Å². The highest BCUT2D eigenvalue weighted by Crippen LogP contribution is 2.26. The third-order valence-electron chi connectivity index (χ3n) is 5.59. The van der Waals surface area contributed by atoms with Crippen molar-refractivity contribution in [2.45, 2.75) is 12.3 Å². The van der Waals surface area contributed by atoms with Gasteiger partial charge >= 0.3 is 5.97 Å². The molecule has 0 spiro atoms. The molecule has 188 valence electrons. The molecule has 0 bridgehead atoms. The van der Waals surface area contributed by atoms with E-state index in [1.54, 1.807) is 6.20 Å². The van der Waals surface area contributed by atoms with Crippen molar-refractivity contribution in [3.63, 3.8) is 0 Å². The van der Waals surface area contributed by atoms with E-state index in [9.17, 15) is 9.59 Å². The number of hydrogen-bond acceptors (Lipinski definition) is 5. The second kappa shape index (κ2) is 14.4. The van der Waals surface area contributed by atoms with E-state index >= 15 is 0 Å². The number of carbonyl (C=O) groups excluding carboxylic acids is 2. The van der Waals surface area contributed by atoms with Crippen LogP contribution in [0.1, 0.15) is 39.4 Å². The number of hydrogen-bond donors (Lipinski definition) is 2. The zero-order valence-corrected chi connectivity index (χ0v) is 21.0. The van der Waals surface area contributed by atoms with Crippen molar-refractivity contribution in [2.75, 3.05) is 11.5 Å². The number of nitrogens with two attached hydrogens (primary N) is 1. The van der Waals surface area contributed by atoms with E-state index in [1.807, 2.05) is 72.9 Å². The van der Waals surface area contributed by atoms with Crippen LogP contribution in [0.25, 0.3) is 22.9 Å². The number of aliphatic carboxylic acids is 1. The van der Waals surface area contributed by atoms with Crippen molar-refractivity contribution in [2.24, 2.45) is 5.73 Å². The first-order valence-corrected chi connectivity index (χ1v) is 12.8. The van der Waals surface area contributed by atoms with Gasteiger partial charge in [0.05, 0.1) is 12.3 Å². The summed E-state index contributed by atoms with van der Waals surface area (Å²) in [5.41, 5.74) is 7.88. The lowest BCUT2D eigenvalue weighted by Crippen LogP contribution is -2.16. The normalized spacial score (nSPS) is 11.5. The number of benzene rings is 3. The van der Waals surface area contributed by atoms with E-state index < -0.39 is 5.97 Å². The summed E-state index contributed by atoms with van der Waals surface area (Å²) in [7, 11) is 0. The van der Waals surface area contributed by atoms with Gasteiger partial charge in [0.2, 0.25) is 6.41 Å². The quantitative estimate of drug-likeness (QED) is 0.122. The predicted octanol–water partition coefficient (Wildman–Crippen LogP) is 5.68. The average Bonchev–Trinajstić information content (AvgIpc) is 2.92. The fourth-order valence-electron chi connectivity index (χ4n) is 3.73. The van der Waals surface area contributed by atoms with Gasteiger partial charge in [-0.2, -0.15) is 11.8 Å². The average molecular weight is 513 g/mol. The maximum absolute atomic E-state index is 13.3. The molecule has 4 aromatic rings. The predicted molar refractivity (Wildman–Crippen MR) is 150 cm³/mol. The van der Waals surface area contributed by atoms with Gasteiger partial charge in [-0.1, -0.05) is 78.9 Å². The number of fused-ring (bicyclic) bond motifs is 1. The Morgan fingerprint density at radius 2 is 1.59 bits per heavy atom. The molecule has 3 N–H and O–H groups in total. The second-order valence-corrected chi connectivity index (χ2v) is 9.27. The smallest absolute Gasteiger partial charge is 0.304 e. The van der Waals surface area contributed by atoms with E-state index in [4.69, 9.17) is 9.90 Å². The molecular formula is C30H28N2O4S. The topological polar surface area (TPSA) is 110 Å². The number of amides is 1. The Morgan fingerprint density at radius 3 is 2.30 bits per heavy atom. The Kier molecular flexibility index (Phi) is 10.6. The van der Waals surface area contributed by atoms with Gasteiger partial charge in [-0.15, -0.1) is 0 Å². The summed E-state index contributed by atoms with van der Waals surface area (Å²) in [4.78, 5) is 36.9. The minimum absolute atomic E-state index is 0.0488. The Hall–Kier alpha value is -4.23. The molecule has 37 heavy (non-hydrogen) atoms. The van der Waals surface area contributed by atoms with E-state index in [0.29, 0.717) is 17.1 Å². The van der Waals surface area contributed by atoms with Crippen LogP contribution >= 0.6 is 11.8 Å². The number of thioether (sulfide) groups is 1. The van der Waals surface area contributed by atoms with Crippen molar-refractivity contribution in [1.29, 1.82) is 0 Å². The molecule has 0 radical (unpaired) electrons.